The second kappa shape index (κ2) is 12.0. The minimum atomic E-state index is 1.13. The van der Waals surface area contributed by atoms with Crippen LogP contribution in [0, 0.1) is 0 Å². The van der Waals surface area contributed by atoms with Crippen LogP contribution in [0.25, 0.3) is 54.6 Å². The molecule has 9 aromatic rings. The molecular weight excluding hydrogens is 593 g/mol. The summed E-state index contributed by atoms with van der Waals surface area (Å²) in [6.45, 7) is 0. The molecule has 0 bridgehead atoms. The zero-order chi connectivity index (χ0) is 32.7. The quantitative estimate of drug-likeness (QED) is 0.162. The molecule has 49 heavy (non-hydrogen) atoms. The van der Waals surface area contributed by atoms with E-state index in [1.54, 1.807) is 0 Å². The first kappa shape index (κ1) is 28.8. The maximum absolute atomic E-state index is 2.31. The van der Waals surface area contributed by atoms with Gasteiger partial charge in [0.25, 0.3) is 0 Å². The van der Waals surface area contributed by atoms with Crippen molar-refractivity contribution in [1.29, 1.82) is 0 Å². The highest BCUT2D eigenvalue weighted by Gasteiger charge is 2.16. The highest BCUT2D eigenvalue weighted by atomic mass is 15.1. The van der Waals surface area contributed by atoms with Crippen LogP contribution in [0.15, 0.2) is 188 Å². The average Bonchev–Trinajstić information content (AvgIpc) is 3.18. The van der Waals surface area contributed by atoms with Crippen LogP contribution in [-0.2, 0) is 0 Å². The van der Waals surface area contributed by atoms with Gasteiger partial charge in [-0.25, -0.2) is 0 Å². The standard InChI is InChI=1S/C47H34N2/c1-48(37-11-5-2-6-12-37)38-25-17-33(18-26-38)42-29-21-35-24-32-45-43(30-22-36-23-31-44(42)46(35)47(36)45)34-19-27-41(28-20-34)49(39-13-7-3-8-14-39)40-15-9-4-10-16-40/h2-32H,1H3. The second-order valence-electron chi connectivity index (χ2n) is 12.6. The zero-order valence-electron chi connectivity index (χ0n) is 27.3. The van der Waals surface area contributed by atoms with Crippen LogP contribution in [-0.4, -0.2) is 7.05 Å². The fraction of sp³-hybridized carbons (Fsp3) is 0.0213. The second-order valence-corrected chi connectivity index (χ2v) is 12.6. The molecule has 0 unspecified atom stereocenters. The first-order chi connectivity index (χ1) is 24.2. The van der Waals surface area contributed by atoms with E-state index < -0.39 is 0 Å². The van der Waals surface area contributed by atoms with Crippen LogP contribution in [0.5, 0.6) is 0 Å². The third-order valence-electron chi connectivity index (χ3n) is 9.84. The molecule has 2 heteroatoms. The summed E-state index contributed by atoms with van der Waals surface area (Å²) in [5, 5.41) is 7.76. The highest BCUT2D eigenvalue weighted by Crippen LogP contribution is 2.43. The summed E-state index contributed by atoms with van der Waals surface area (Å²) < 4.78 is 0. The van der Waals surface area contributed by atoms with Crippen molar-refractivity contribution in [2.24, 2.45) is 0 Å². The molecule has 0 atom stereocenters. The monoisotopic (exact) mass is 626 g/mol. The van der Waals surface area contributed by atoms with E-state index in [2.05, 4.69) is 205 Å². The van der Waals surface area contributed by atoms with Crippen molar-refractivity contribution in [3.63, 3.8) is 0 Å². The number of nitrogens with zero attached hydrogens (tertiary/aromatic N) is 2. The largest absolute Gasteiger partial charge is 0.345 e. The third-order valence-corrected chi connectivity index (χ3v) is 9.84. The molecule has 0 saturated carbocycles. The number of rotatable bonds is 7. The molecule has 0 saturated heterocycles. The summed E-state index contributed by atoms with van der Waals surface area (Å²) in [5.41, 5.74) is 10.7. The van der Waals surface area contributed by atoms with Crippen molar-refractivity contribution in [3.8, 4) is 22.3 Å². The Balaban J connectivity index is 1.12. The Hall–Kier alpha value is -6.38. The number of hydrogen-bond acceptors (Lipinski definition) is 2. The molecule has 0 radical (unpaired) electrons. The van der Waals surface area contributed by atoms with Gasteiger partial charge in [0.1, 0.15) is 0 Å². The number of hydrogen-bond donors (Lipinski definition) is 0. The highest BCUT2D eigenvalue weighted by molar-refractivity contribution is 6.27. The van der Waals surface area contributed by atoms with Gasteiger partial charge in [0.15, 0.2) is 0 Å². The number of para-hydroxylation sites is 3. The molecule has 0 N–H and O–H groups in total. The minimum Gasteiger partial charge on any atom is -0.345 e. The number of benzene rings is 9. The van der Waals surface area contributed by atoms with Crippen molar-refractivity contribution in [3.05, 3.63) is 188 Å². The van der Waals surface area contributed by atoms with E-state index in [9.17, 15) is 0 Å². The van der Waals surface area contributed by atoms with Gasteiger partial charge in [-0.2, -0.15) is 0 Å². The summed E-state index contributed by atoms with van der Waals surface area (Å²) in [6.07, 6.45) is 0. The molecular formula is C47H34N2. The van der Waals surface area contributed by atoms with Crippen LogP contribution in [0.2, 0.25) is 0 Å². The molecule has 0 amide bonds. The van der Waals surface area contributed by atoms with Crippen molar-refractivity contribution >= 4 is 60.8 Å². The van der Waals surface area contributed by atoms with E-state index in [4.69, 9.17) is 0 Å². The van der Waals surface area contributed by atoms with Gasteiger partial charge >= 0.3 is 0 Å². The van der Waals surface area contributed by atoms with Crippen molar-refractivity contribution in [1.82, 2.24) is 0 Å². The molecule has 0 aliphatic heterocycles. The SMILES string of the molecule is CN(c1ccccc1)c1ccc(-c2ccc3ccc4c(-c5ccc(N(c6ccccc6)c6ccccc6)cc5)ccc5ccc2c3c54)cc1. The molecule has 0 aliphatic rings. The topological polar surface area (TPSA) is 6.48 Å². The lowest BCUT2D eigenvalue weighted by Crippen LogP contribution is -2.09. The van der Waals surface area contributed by atoms with Crippen molar-refractivity contribution in [2.75, 3.05) is 16.8 Å². The predicted molar refractivity (Wildman–Crippen MR) is 210 cm³/mol. The Bertz CT molecular complexity index is 2480. The zero-order valence-corrected chi connectivity index (χ0v) is 27.3. The van der Waals surface area contributed by atoms with E-state index in [-0.39, 0.29) is 0 Å². The van der Waals surface area contributed by atoms with E-state index >= 15 is 0 Å². The lowest BCUT2D eigenvalue weighted by Gasteiger charge is -2.25. The predicted octanol–water partition coefficient (Wildman–Crippen LogP) is 13.2. The average molecular weight is 627 g/mol. The lowest BCUT2D eigenvalue weighted by atomic mass is 9.87. The summed E-state index contributed by atoms with van der Waals surface area (Å²) in [4.78, 5) is 4.53. The maximum Gasteiger partial charge on any atom is 0.0462 e. The smallest absolute Gasteiger partial charge is 0.0462 e. The summed E-state index contributed by atoms with van der Waals surface area (Å²) in [6, 6.07) is 67.9. The van der Waals surface area contributed by atoms with Gasteiger partial charge in [0.2, 0.25) is 0 Å². The van der Waals surface area contributed by atoms with Crippen LogP contribution in [0.4, 0.5) is 28.4 Å². The molecule has 232 valence electrons. The first-order valence-electron chi connectivity index (χ1n) is 16.8. The van der Waals surface area contributed by atoms with Crippen LogP contribution in [0.1, 0.15) is 0 Å². The minimum absolute atomic E-state index is 1.13. The molecule has 0 aromatic heterocycles. The Morgan fingerprint density at radius 2 is 0.653 bits per heavy atom. The maximum atomic E-state index is 2.31. The fourth-order valence-electron chi connectivity index (χ4n) is 7.36. The van der Waals surface area contributed by atoms with Gasteiger partial charge in [-0.1, -0.05) is 127 Å². The Morgan fingerprint density at radius 3 is 1.10 bits per heavy atom. The molecule has 0 aliphatic carbocycles. The van der Waals surface area contributed by atoms with Gasteiger partial charge in [0.05, 0.1) is 0 Å². The Kier molecular flexibility index (Phi) is 7.06. The van der Waals surface area contributed by atoms with Crippen molar-refractivity contribution < 1.29 is 0 Å². The van der Waals surface area contributed by atoms with E-state index in [1.807, 2.05) is 0 Å². The van der Waals surface area contributed by atoms with Crippen LogP contribution < -0.4 is 9.80 Å². The molecule has 0 spiro atoms. The van der Waals surface area contributed by atoms with E-state index in [0.717, 1.165) is 17.1 Å². The van der Waals surface area contributed by atoms with Gasteiger partial charge in [-0.3, -0.25) is 0 Å². The summed E-state index contributed by atoms with van der Waals surface area (Å²) >= 11 is 0. The van der Waals surface area contributed by atoms with Gasteiger partial charge in [0, 0.05) is 35.5 Å². The van der Waals surface area contributed by atoms with Gasteiger partial charge in [-0.05, 0) is 115 Å². The van der Waals surface area contributed by atoms with Gasteiger partial charge in [-0.15, -0.1) is 0 Å². The summed E-state index contributed by atoms with van der Waals surface area (Å²) in [5.74, 6) is 0. The Labute approximate surface area is 287 Å². The molecule has 9 aromatic carbocycles. The third kappa shape index (κ3) is 5.06. The van der Waals surface area contributed by atoms with E-state index in [1.165, 1.54) is 65.9 Å². The van der Waals surface area contributed by atoms with Gasteiger partial charge < -0.3 is 9.80 Å². The molecule has 9 rings (SSSR count). The Morgan fingerprint density at radius 1 is 0.306 bits per heavy atom. The lowest BCUT2D eigenvalue weighted by molar-refractivity contribution is 1.21. The normalized spacial score (nSPS) is 11.4. The molecule has 0 heterocycles. The van der Waals surface area contributed by atoms with Crippen LogP contribution in [0.3, 0.4) is 0 Å². The van der Waals surface area contributed by atoms with Crippen LogP contribution >= 0.6 is 0 Å². The first-order valence-corrected chi connectivity index (χ1v) is 16.8. The fourth-order valence-corrected chi connectivity index (χ4v) is 7.36. The molecule has 2 nitrogen and oxygen atoms in total. The number of anilines is 5. The summed E-state index contributed by atoms with van der Waals surface area (Å²) in [7, 11) is 2.12. The van der Waals surface area contributed by atoms with Crippen molar-refractivity contribution in [2.45, 2.75) is 0 Å². The molecule has 0 fully saturated rings. The van der Waals surface area contributed by atoms with E-state index in [0.29, 0.717) is 0 Å².